The van der Waals surface area contributed by atoms with Crippen molar-refractivity contribution in [3.05, 3.63) is 72.3 Å². The summed E-state index contributed by atoms with van der Waals surface area (Å²) in [5, 5.41) is 3.68. The Morgan fingerprint density at radius 2 is 1.85 bits per heavy atom. The molecule has 0 bridgehead atoms. The Balaban J connectivity index is 1.52. The number of hydrogen-bond acceptors (Lipinski definition) is 4. The molecule has 0 atom stereocenters. The molecule has 0 fully saturated rings. The molecule has 1 amide bonds. The molecule has 0 saturated carbocycles. The van der Waals surface area contributed by atoms with Gasteiger partial charge in [0.25, 0.3) is 5.91 Å². The molecule has 130 valence electrons. The predicted octanol–water partition coefficient (Wildman–Crippen LogP) is 5.46. The highest BCUT2D eigenvalue weighted by molar-refractivity contribution is 6.12. The molecule has 2 aromatic heterocycles. The van der Waals surface area contributed by atoms with Crippen molar-refractivity contribution in [3.8, 4) is 11.5 Å². The van der Waals surface area contributed by atoms with Gasteiger partial charge in [-0.25, -0.2) is 4.98 Å². The third-order valence-electron chi connectivity index (χ3n) is 4.21. The molecule has 26 heavy (non-hydrogen) atoms. The average Bonchev–Trinajstić information content (AvgIpc) is 3.30. The van der Waals surface area contributed by atoms with Crippen LogP contribution in [0.2, 0.25) is 0 Å². The number of para-hydroxylation sites is 1. The number of anilines is 1. The van der Waals surface area contributed by atoms with Gasteiger partial charge < -0.3 is 14.2 Å². The minimum atomic E-state index is -0.207. The van der Waals surface area contributed by atoms with E-state index < -0.39 is 0 Å². The molecule has 0 aliphatic rings. The molecule has 0 radical (unpaired) electrons. The number of benzene rings is 2. The average molecular weight is 346 g/mol. The molecular formula is C21H18N2O3. The zero-order valence-corrected chi connectivity index (χ0v) is 14.5. The minimum Gasteiger partial charge on any atom is -0.463 e. The van der Waals surface area contributed by atoms with E-state index in [9.17, 15) is 4.79 Å². The van der Waals surface area contributed by atoms with Crippen LogP contribution in [0.3, 0.4) is 0 Å². The smallest absolute Gasteiger partial charge is 0.259 e. The van der Waals surface area contributed by atoms with E-state index in [-0.39, 0.29) is 5.91 Å². The Kier molecular flexibility index (Phi) is 4.05. The van der Waals surface area contributed by atoms with Crippen molar-refractivity contribution in [2.75, 3.05) is 5.32 Å². The lowest BCUT2D eigenvalue weighted by molar-refractivity contribution is 0.102. The number of aromatic nitrogens is 1. The van der Waals surface area contributed by atoms with Crippen LogP contribution in [0.25, 0.3) is 22.4 Å². The molecule has 5 nitrogen and oxygen atoms in total. The molecule has 0 unspecified atom stereocenters. The van der Waals surface area contributed by atoms with E-state index >= 15 is 0 Å². The topological polar surface area (TPSA) is 68.3 Å². The highest BCUT2D eigenvalue weighted by atomic mass is 16.4. The molecule has 4 aromatic rings. The Morgan fingerprint density at radius 1 is 1.08 bits per heavy atom. The van der Waals surface area contributed by atoms with Crippen LogP contribution in [0.15, 0.2) is 69.8 Å². The van der Waals surface area contributed by atoms with Crippen LogP contribution in [0.1, 0.15) is 35.9 Å². The maximum Gasteiger partial charge on any atom is 0.259 e. The predicted molar refractivity (Wildman–Crippen MR) is 100 cm³/mol. The Morgan fingerprint density at radius 3 is 2.58 bits per heavy atom. The fourth-order valence-electron chi connectivity index (χ4n) is 2.74. The van der Waals surface area contributed by atoms with E-state index in [0.29, 0.717) is 28.6 Å². The van der Waals surface area contributed by atoms with Crippen LogP contribution in [-0.4, -0.2) is 10.9 Å². The number of nitrogens with one attached hydrogen (secondary N) is 1. The number of hydrogen-bond donors (Lipinski definition) is 1. The summed E-state index contributed by atoms with van der Waals surface area (Å²) in [7, 11) is 0. The number of furan rings is 1. The summed E-state index contributed by atoms with van der Waals surface area (Å²) in [5.41, 5.74) is 2.76. The fourth-order valence-corrected chi connectivity index (χ4v) is 2.74. The number of nitrogens with zero attached hydrogens (tertiary/aromatic N) is 1. The summed E-state index contributed by atoms with van der Waals surface area (Å²) in [6, 6.07) is 14.9. The molecule has 4 rings (SSSR count). The van der Waals surface area contributed by atoms with Gasteiger partial charge in [0, 0.05) is 22.6 Å². The van der Waals surface area contributed by atoms with E-state index in [0.717, 1.165) is 16.7 Å². The monoisotopic (exact) mass is 346 g/mol. The lowest BCUT2D eigenvalue weighted by Gasteiger charge is -2.05. The maximum atomic E-state index is 12.5. The zero-order valence-electron chi connectivity index (χ0n) is 14.5. The van der Waals surface area contributed by atoms with Crippen molar-refractivity contribution in [3.63, 3.8) is 0 Å². The summed E-state index contributed by atoms with van der Waals surface area (Å²) >= 11 is 0. The molecule has 2 aromatic carbocycles. The second kappa shape index (κ2) is 6.52. The van der Waals surface area contributed by atoms with Gasteiger partial charge in [0.2, 0.25) is 5.89 Å². The van der Waals surface area contributed by atoms with Crippen LogP contribution < -0.4 is 5.32 Å². The first-order chi connectivity index (χ1) is 12.6. The maximum absolute atomic E-state index is 12.5. The quantitative estimate of drug-likeness (QED) is 0.532. The van der Waals surface area contributed by atoms with Crippen molar-refractivity contribution in [2.24, 2.45) is 0 Å². The van der Waals surface area contributed by atoms with Crippen molar-refractivity contribution in [1.29, 1.82) is 0 Å². The van der Waals surface area contributed by atoms with E-state index in [1.807, 2.05) is 48.5 Å². The number of oxazole rings is 1. The number of amides is 1. The Labute approximate surface area is 150 Å². The van der Waals surface area contributed by atoms with E-state index in [1.54, 1.807) is 6.20 Å². The van der Waals surface area contributed by atoms with Gasteiger partial charge in [-0.15, -0.1) is 0 Å². The van der Waals surface area contributed by atoms with Gasteiger partial charge in [-0.1, -0.05) is 32.0 Å². The number of rotatable bonds is 4. The molecule has 0 aliphatic carbocycles. The molecular weight excluding hydrogens is 328 g/mol. The van der Waals surface area contributed by atoms with Crippen molar-refractivity contribution in [2.45, 2.75) is 19.8 Å². The van der Waals surface area contributed by atoms with Gasteiger partial charge in [-0.2, -0.15) is 0 Å². The number of carbonyl (C=O) groups is 1. The molecule has 0 saturated heterocycles. The number of fused-ring (bicyclic) bond motifs is 1. The van der Waals surface area contributed by atoms with Gasteiger partial charge in [-0.3, -0.25) is 4.79 Å². The zero-order chi connectivity index (χ0) is 18.1. The Hall–Kier alpha value is -3.34. The van der Waals surface area contributed by atoms with Crippen molar-refractivity contribution >= 4 is 22.6 Å². The van der Waals surface area contributed by atoms with Crippen LogP contribution in [0, 0.1) is 0 Å². The van der Waals surface area contributed by atoms with Crippen LogP contribution in [0.4, 0.5) is 5.69 Å². The van der Waals surface area contributed by atoms with E-state index in [2.05, 4.69) is 24.1 Å². The summed E-state index contributed by atoms with van der Waals surface area (Å²) in [5.74, 6) is 1.51. The first-order valence-electron chi connectivity index (χ1n) is 8.45. The summed E-state index contributed by atoms with van der Waals surface area (Å²) < 4.78 is 11.2. The van der Waals surface area contributed by atoms with Crippen LogP contribution in [-0.2, 0) is 0 Å². The third kappa shape index (κ3) is 2.99. The van der Waals surface area contributed by atoms with Gasteiger partial charge in [0.15, 0.2) is 0 Å². The lowest BCUT2D eigenvalue weighted by Crippen LogP contribution is -2.11. The van der Waals surface area contributed by atoms with Gasteiger partial charge >= 0.3 is 0 Å². The van der Waals surface area contributed by atoms with E-state index in [4.69, 9.17) is 8.83 Å². The fraction of sp³-hybridized carbons (Fsp3) is 0.143. The van der Waals surface area contributed by atoms with Crippen molar-refractivity contribution in [1.82, 2.24) is 4.98 Å². The summed E-state index contributed by atoms with van der Waals surface area (Å²) in [6.07, 6.45) is 3.23. The lowest BCUT2D eigenvalue weighted by atomic mass is 10.1. The highest BCUT2D eigenvalue weighted by Crippen LogP contribution is 2.25. The van der Waals surface area contributed by atoms with Gasteiger partial charge in [0.05, 0.1) is 11.8 Å². The molecule has 1 N–H and O–H groups in total. The van der Waals surface area contributed by atoms with Crippen LogP contribution >= 0.6 is 0 Å². The number of carbonyl (C=O) groups excluding carboxylic acids is 1. The Bertz CT molecular complexity index is 1060. The van der Waals surface area contributed by atoms with Crippen molar-refractivity contribution < 1.29 is 13.6 Å². The molecule has 0 aliphatic heterocycles. The van der Waals surface area contributed by atoms with Gasteiger partial charge in [-0.05, 0) is 30.3 Å². The second-order valence-corrected chi connectivity index (χ2v) is 6.40. The standard InChI is InChI=1S/C21H18N2O3/c1-13(2)19-11-22-21(26-19)14-7-9-15(10-8-14)23-20(24)17-12-25-18-6-4-3-5-16(17)18/h3-13H,1-2H3,(H,23,24). The SMILES string of the molecule is CC(C)c1cnc(-c2ccc(NC(=O)c3coc4ccccc34)cc2)o1. The first-order valence-corrected chi connectivity index (χ1v) is 8.45. The highest BCUT2D eigenvalue weighted by Gasteiger charge is 2.14. The first kappa shape index (κ1) is 16.1. The molecule has 0 spiro atoms. The minimum absolute atomic E-state index is 0.207. The van der Waals surface area contributed by atoms with E-state index in [1.165, 1.54) is 6.26 Å². The molecule has 5 heteroatoms. The van der Waals surface area contributed by atoms with Gasteiger partial charge in [0.1, 0.15) is 17.6 Å². The molecule has 2 heterocycles. The summed E-state index contributed by atoms with van der Waals surface area (Å²) in [6.45, 7) is 4.12. The van der Waals surface area contributed by atoms with Crippen LogP contribution in [0.5, 0.6) is 0 Å². The second-order valence-electron chi connectivity index (χ2n) is 6.40. The third-order valence-corrected chi connectivity index (χ3v) is 4.21. The summed E-state index contributed by atoms with van der Waals surface area (Å²) in [4.78, 5) is 16.8. The largest absolute Gasteiger partial charge is 0.463 e. The normalized spacial score (nSPS) is 11.2.